The lowest BCUT2D eigenvalue weighted by atomic mass is 9.86. The van der Waals surface area contributed by atoms with Crippen molar-refractivity contribution in [3.8, 4) is 11.1 Å². The van der Waals surface area contributed by atoms with Crippen molar-refractivity contribution in [2.24, 2.45) is 10.5 Å². The molecule has 1 spiro atoms. The number of carbonyl (C=O) groups excluding carboxylic acids is 1. The second-order valence-electron chi connectivity index (χ2n) is 13.4. The number of aromatic nitrogens is 4. The largest absolute Gasteiger partial charge is 0.349 e. The summed E-state index contributed by atoms with van der Waals surface area (Å²) in [6.07, 6.45) is 6.73. The van der Waals surface area contributed by atoms with Gasteiger partial charge in [0.15, 0.2) is 5.79 Å². The number of nitrogens with zero attached hydrogens (tertiary/aromatic N) is 5. The average molecular weight is 609 g/mol. The van der Waals surface area contributed by atoms with Crippen LogP contribution in [0.2, 0.25) is 0 Å². The number of fused-ring (bicyclic) bond motifs is 1. The molecular formula is C35H40N6O4. The molecule has 10 heteroatoms. The highest BCUT2D eigenvalue weighted by molar-refractivity contribution is 6.16. The van der Waals surface area contributed by atoms with Crippen molar-refractivity contribution in [2.45, 2.75) is 84.0 Å². The minimum Gasteiger partial charge on any atom is -0.349 e. The Morgan fingerprint density at radius 2 is 1.76 bits per heavy atom. The highest BCUT2D eigenvalue weighted by Gasteiger charge is 2.44. The van der Waals surface area contributed by atoms with Crippen LogP contribution in [0.25, 0.3) is 16.9 Å². The summed E-state index contributed by atoms with van der Waals surface area (Å²) >= 11 is 0. The van der Waals surface area contributed by atoms with Gasteiger partial charge in [0.05, 0.1) is 31.0 Å². The van der Waals surface area contributed by atoms with Gasteiger partial charge < -0.3 is 9.47 Å². The molecule has 1 saturated carbocycles. The smallest absolute Gasteiger partial charge is 0.259 e. The van der Waals surface area contributed by atoms with Crippen LogP contribution in [0.4, 0.5) is 0 Å². The first-order valence-corrected chi connectivity index (χ1v) is 16.0. The zero-order chi connectivity index (χ0) is 31.2. The molecule has 2 aromatic heterocycles. The quantitative estimate of drug-likeness (QED) is 0.308. The molecule has 2 aliphatic heterocycles. The highest BCUT2D eigenvalue weighted by Crippen LogP contribution is 2.42. The summed E-state index contributed by atoms with van der Waals surface area (Å²) in [5, 5.41) is 8.96. The third-order valence-corrected chi connectivity index (χ3v) is 9.35. The fourth-order valence-corrected chi connectivity index (χ4v) is 6.93. The Morgan fingerprint density at radius 3 is 2.44 bits per heavy atom. The van der Waals surface area contributed by atoms with Gasteiger partial charge in [-0.3, -0.25) is 14.2 Å². The summed E-state index contributed by atoms with van der Waals surface area (Å²) < 4.78 is 16.3. The molecule has 234 valence electrons. The number of hydrogen-bond acceptors (Lipinski definition) is 7. The lowest BCUT2D eigenvalue weighted by Crippen LogP contribution is -2.50. The Labute approximate surface area is 262 Å². The van der Waals surface area contributed by atoms with Crippen LogP contribution in [0.5, 0.6) is 0 Å². The van der Waals surface area contributed by atoms with E-state index in [1.165, 1.54) is 0 Å². The molecule has 4 heterocycles. The summed E-state index contributed by atoms with van der Waals surface area (Å²) in [5.41, 5.74) is 8.81. The van der Waals surface area contributed by atoms with Crippen molar-refractivity contribution < 1.29 is 14.3 Å². The maximum Gasteiger partial charge on any atom is 0.259 e. The average Bonchev–Trinajstić information content (AvgIpc) is 3.71. The molecule has 1 aliphatic carbocycles. The molecule has 1 N–H and O–H groups in total. The normalized spacial score (nSPS) is 19.6. The molecule has 2 fully saturated rings. The maximum atomic E-state index is 14.5. The van der Waals surface area contributed by atoms with Crippen molar-refractivity contribution in [3.05, 3.63) is 87.6 Å². The van der Waals surface area contributed by atoms with Crippen molar-refractivity contribution >= 4 is 17.4 Å². The molecule has 0 atom stereocenters. The lowest BCUT2D eigenvalue weighted by Gasteiger charge is -2.46. The Morgan fingerprint density at radius 1 is 1.00 bits per heavy atom. The molecular weight excluding hydrogens is 568 g/mol. The van der Waals surface area contributed by atoms with Gasteiger partial charge in [-0.25, -0.2) is 9.94 Å². The Bertz CT molecular complexity index is 1820. The molecule has 10 nitrogen and oxygen atoms in total. The predicted octanol–water partition coefficient (Wildman–Crippen LogP) is 5.21. The lowest BCUT2D eigenvalue weighted by molar-refractivity contribution is -0.311. The molecule has 1 saturated heterocycles. The van der Waals surface area contributed by atoms with Gasteiger partial charge >= 0.3 is 0 Å². The van der Waals surface area contributed by atoms with Gasteiger partial charge in [0.2, 0.25) is 11.7 Å². The van der Waals surface area contributed by atoms with E-state index in [4.69, 9.17) is 9.47 Å². The van der Waals surface area contributed by atoms with Crippen LogP contribution in [0.1, 0.15) is 87.7 Å². The third-order valence-electron chi connectivity index (χ3n) is 9.35. The van der Waals surface area contributed by atoms with Crippen LogP contribution in [0.15, 0.2) is 64.8 Å². The molecule has 1 amide bonds. The topological polar surface area (TPSA) is 112 Å². The molecule has 0 bridgehead atoms. The van der Waals surface area contributed by atoms with E-state index < -0.39 is 5.79 Å². The highest BCUT2D eigenvalue weighted by atomic mass is 16.7. The van der Waals surface area contributed by atoms with Gasteiger partial charge in [-0.1, -0.05) is 69.7 Å². The number of nitrogens with one attached hydrogen (secondary N) is 1. The molecule has 7 rings (SSSR count). The van der Waals surface area contributed by atoms with Crippen molar-refractivity contribution in [3.63, 3.8) is 0 Å². The van der Waals surface area contributed by atoms with E-state index >= 15 is 0 Å². The van der Waals surface area contributed by atoms with Crippen molar-refractivity contribution in [1.29, 1.82) is 0 Å². The first kappa shape index (κ1) is 29.6. The number of rotatable bonds is 7. The monoisotopic (exact) mass is 608 g/mol. The minimum atomic E-state index is -0.569. The molecule has 2 aromatic carbocycles. The first-order valence-electron chi connectivity index (χ1n) is 16.0. The molecule has 4 aromatic rings. The summed E-state index contributed by atoms with van der Waals surface area (Å²) in [6.45, 7) is 7.76. The van der Waals surface area contributed by atoms with Gasteiger partial charge in [-0.2, -0.15) is 15.2 Å². The van der Waals surface area contributed by atoms with Crippen molar-refractivity contribution in [2.75, 3.05) is 13.2 Å². The van der Waals surface area contributed by atoms with E-state index in [0.29, 0.717) is 37.5 Å². The Hall–Kier alpha value is -4.15. The second kappa shape index (κ2) is 11.7. The first-order chi connectivity index (χ1) is 21.8. The maximum absolute atomic E-state index is 14.5. The minimum absolute atomic E-state index is 0.00625. The summed E-state index contributed by atoms with van der Waals surface area (Å²) in [7, 11) is 0. The van der Waals surface area contributed by atoms with E-state index in [2.05, 4.69) is 71.7 Å². The van der Waals surface area contributed by atoms with Gasteiger partial charge in [-0.05, 0) is 42.0 Å². The van der Waals surface area contributed by atoms with Crippen LogP contribution in [0, 0.1) is 5.41 Å². The molecule has 0 unspecified atom stereocenters. The van der Waals surface area contributed by atoms with Crippen LogP contribution in [0.3, 0.4) is 0 Å². The fraction of sp³-hybridized carbons (Fsp3) is 0.457. The van der Waals surface area contributed by atoms with Crippen LogP contribution < -0.4 is 11.0 Å². The summed E-state index contributed by atoms with van der Waals surface area (Å²) in [4.78, 5) is 31.3. The zero-order valence-electron chi connectivity index (χ0n) is 26.2. The number of carbonyl (C=O) groups is 1. The third kappa shape index (κ3) is 5.61. The second-order valence-corrected chi connectivity index (χ2v) is 13.4. The van der Waals surface area contributed by atoms with E-state index in [1.54, 1.807) is 6.33 Å². The van der Waals surface area contributed by atoms with E-state index in [9.17, 15) is 9.59 Å². The van der Waals surface area contributed by atoms with E-state index in [-0.39, 0.29) is 29.3 Å². The van der Waals surface area contributed by atoms with E-state index in [0.717, 1.165) is 65.6 Å². The number of ether oxygens (including phenoxy) is 2. The van der Waals surface area contributed by atoms with Crippen LogP contribution >= 0.6 is 0 Å². The van der Waals surface area contributed by atoms with Crippen LogP contribution in [-0.4, -0.2) is 49.8 Å². The fourth-order valence-electron chi connectivity index (χ4n) is 6.93. The van der Waals surface area contributed by atoms with Crippen LogP contribution in [-0.2, 0) is 27.1 Å². The van der Waals surface area contributed by atoms with Crippen molar-refractivity contribution in [1.82, 2.24) is 24.6 Å². The predicted molar refractivity (Wildman–Crippen MR) is 171 cm³/mol. The Kier molecular flexibility index (Phi) is 7.65. The number of amides is 1. The van der Waals surface area contributed by atoms with Gasteiger partial charge in [0.25, 0.3) is 5.56 Å². The molecule has 0 radical (unpaired) electrons. The number of hydrazone groups is 1. The molecule has 3 aliphatic rings. The number of hydrogen-bond donors (Lipinski definition) is 1. The zero-order valence-corrected chi connectivity index (χ0v) is 26.2. The standard InChI is InChI=1S/C35H40N6O4/c1-4-8-30-28(18-23-11-12-26(24-9-6-5-7-10-24)27(17-23)29-19-31(42)39-38-29)32(43)40(33-36-22-37-41(30)33)25-13-15-35(16-14-25)44-20-34(2,3)21-45-35/h5-7,9-12,17,22,25H,4,8,13-16,18-21H2,1-3H3,(H,39,42). The van der Waals surface area contributed by atoms with Gasteiger partial charge in [0, 0.05) is 41.8 Å². The number of aryl methyl sites for hydroxylation is 1. The molecule has 45 heavy (non-hydrogen) atoms. The van der Waals surface area contributed by atoms with E-state index in [1.807, 2.05) is 27.3 Å². The summed E-state index contributed by atoms with van der Waals surface area (Å²) in [5.74, 6) is -0.105. The summed E-state index contributed by atoms with van der Waals surface area (Å²) in [6, 6.07) is 16.3. The SMILES string of the molecule is CCCc1c(Cc2ccc(-c3ccccc3)c(C3=NNC(=O)C3)c2)c(=O)n(C2CCC3(CC2)OCC(C)(C)CO3)c2ncnn12. The number of benzene rings is 2. The van der Waals surface area contributed by atoms with Gasteiger partial charge in [-0.15, -0.1) is 0 Å². The Balaban J connectivity index is 1.26. The van der Waals surface area contributed by atoms with Gasteiger partial charge in [0.1, 0.15) is 6.33 Å².